The Morgan fingerprint density at radius 1 is 0.923 bits per heavy atom. The second kappa shape index (κ2) is 7.98. The lowest BCUT2D eigenvalue weighted by Crippen LogP contribution is -2.44. The molecule has 0 aliphatic heterocycles. The molecule has 132 valence electrons. The number of halogens is 1. The summed E-state index contributed by atoms with van der Waals surface area (Å²) < 4.78 is 20.3. The molecule has 3 rings (SSSR count). The molecule has 2 aromatic carbocycles. The molecule has 0 fully saturated rings. The van der Waals surface area contributed by atoms with Crippen molar-refractivity contribution in [1.29, 1.82) is 0 Å². The van der Waals surface area contributed by atoms with Crippen molar-refractivity contribution in [3.63, 3.8) is 0 Å². The van der Waals surface area contributed by atoms with Gasteiger partial charge in [0.15, 0.2) is 18.2 Å². The molecule has 0 bridgehead atoms. The maximum Gasteiger partial charge on any atom is 0.276 e. The first-order valence-electron chi connectivity index (χ1n) is 7.84. The van der Waals surface area contributed by atoms with Crippen LogP contribution < -0.4 is 15.6 Å². The molecule has 2 amide bonds. The third kappa shape index (κ3) is 4.07. The number of amides is 2. The molecule has 3 aromatic rings. The minimum Gasteiger partial charge on any atom is -0.481 e. The van der Waals surface area contributed by atoms with Crippen LogP contribution in [0.4, 0.5) is 4.39 Å². The Morgan fingerprint density at radius 2 is 1.62 bits per heavy atom. The normalized spacial score (nSPS) is 10.2. The zero-order valence-corrected chi connectivity index (χ0v) is 13.7. The number of hydrogen-bond acceptors (Lipinski definition) is 3. The van der Waals surface area contributed by atoms with Crippen molar-refractivity contribution in [1.82, 2.24) is 15.4 Å². The Hall–Kier alpha value is -3.61. The van der Waals surface area contributed by atoms with Gasteiger partial charge in [-0.1, -0.05) is 24.3 Å². The SMILES string of the molecule is O=C(COc1ccccc1F)NNC(=O)c1ccccc1-n1cccc1. The fourth-order valence-electron chi connectivity index (χ4n) is 2.32. The highest BCUT2D eigenvalue weighted by Gasteiger charge is 2.13. The van der Waals surface area contributed by atoms with E-state index in [1.54, 1.807) is 28.8 Å². The number of carbonyl (C=O) groups excluding carboxylic acids is 2. The average molecular weight is 353 g/mol. The number of hydrogen-bond donors (Lipinski definition) is 2. The van der Waals surface area contributed by atoms with Crippen molar-refractivity contribution in [2.24, 2.45) is 0 Å². The monoisotopic (exact) mass is 353 g/mol. The largest absolute Gasteiger partial charge is 0.481 e. The van der Waals surface area contributed by atoms with Gasteiger partial charge in [-0.15, -0.1) is 0 Å². The molecule has 0 unspecified atom stereocenters. The van der Waals surface area contributed by atoms with Crippen LogP contribution in [0.2, 0.25) is 0 Å². The number of carbonyl (C=O) groups is 2. The lowest BCUT2D eigenvalue weighted by atomic mass is 10.1. The highest BCUT2D eigenvalue weighted by molar-refractivity contribution is 5.98. The summed E-state index contributed by atoms with van der Waals surface area (Å²) in [6, 6.07) is 16.4. The standard InChI is InChI=1S/C19H16FN3O3/c20-15-8-2-4-10-17(15)26-13-18(24)21-22-19(25)14-7-1-3-9-16(14)23-11-5-6-12-23/h1-12H,13H2,(H,21,24)(H,22,25). The first-order chi connectivity index (χ1) is 12.6. The molecule has 0 atom stereocenters. The van der Waals surface area contributed by atoms with E-state index in [2.05, 4.69) is 10.9 Å². The summed E-state index contributed by atoms with van der Waals surface area (Å²) in [5, 5.41) is 0. The van der Waals surface area contributed by atoms with Crippen LogP contribution in [0.1, 0.15) is 10.4 Å². The minimum atomic E-state index is -0.611. The van der Waals surface area contributed by atoms with Gasteiger partial charge in [0.05, 0.1) is 11.3 Å². The summed E-state index contributed by atoms with van der Waals surface area (Å²) in [6.07, 6.45) is 3.62. The van der Waals surface area contributed by atoms with Gasteiger partial charge in [-0.2, -0.15) is 0 Å². The fraction of sp³-hybridized carbons (Fsp3) is 0.0526. The van der Waals surface area contributed by atoms with E-state index in [0.29, 0.717) is 11.3 Å². The summed E-state index contributed by atoms with van der Waals surface area (Å²) in [5.74, 6) is -1.69. The number of aromatic nitrogens is 1. The highest BCUT2D eigenvalue weighted by atomic mass is 19.1. The Labute approximate surface area is 149 Å². The summed E-state index contributed by atoms with van der Waals surface area (Å²) in [6.45, 7) is -0.430. The first kappa shape index (κ1) is 17.2. The van der Waals surface area contributed by atoms with Gasteiger partial charge in [0.25, 0.3) is 11.8 Å². The van der Waals surface area contributed by atoms with Gasteiger partial charge in [-0.25, -0.2) is 4.39 Å². The van der Waals surface area contributed by atoms with Gasteiger partial charge >= 0.3 is 0 Å². The Kier molecular flexibility index (Phi) is 5.28. The minimum absolute atomic E-state index is 0.0353. The molecule has 26 heavy (non-hydrogen) atoms. The Balaban J connectivity index is 1.58. The van der Waals surface area contributed by atoms with Crippen molar-refractivity contribution in [3.05, 3.63) is 84.4 Å². The molecule has 0 radical (unpaired) electrons. The Morgan fingerprint density at radius 3 is 2.38 bits per heavy atom. The van der Waals surface area contributed by atoms with Crippen LogP contribution in [0.5, 0.6) is 5.75 Å². The van der Waals surface area contributed by atoms with Gasteiger partial charge < -0.3 is 9.30 Å². The van der Waals surface area contributed by atoms with E-state index in [9.17, 15) is 14.0 Å². The van der Waals surface area contributed by atoms with E-state index in [-0.39, 0.29) is 5.75 Å². The van der Waals surface area contributed by atoms with Gasteiger partial charge in [-0.3, -0.25) is 20.4 Å². The van der Waals surface area contributed by atoms with E-state index < -0.39 is 24.2 Å². The smallest absolute Gasteiger partial charge is 0.276 e. The molecule has 6 nitrogen and oxygen atoms in total. The quantitative estimate of drug-likeness (QED) is 0.692. The van der Waals surface area contributed by atoms with Crippen LogP contribution in [-0.2, 0) is 4.79 Å². The lowest BCUT2D eigenvalue weighted by Gasteiger charge is -2.12. The molecule has 1 aromatic heterocycles. The molecule has 0 spiro atoms. The van der Waals surface area contributed by atoms with Crippen molar-refractivity contribution < 1.29 is 18.7 Å². The lowest BCUT2D eigenvalue weighted by molar-refractivity contribution is -0.123. The van der Waals surface area contributed by atoms with Crippen LogP contribution in [0, 0.1) is 5.82 Å². The van der Waals surface area contributed by atoms with Crippen LogP contribution in [0.3, 0.4) is 0 Å². The van der Waals surface area contributed by atoms with E-state index in [0.717, 1.165) is 0 Å². The zero-order valence-electron chi connectivity index (χ0n) is 13.7. The summed E-state index contributed by atoms with van der Waals surface area (Å²) in [7, 11) is 0. The highest BCUT2D eigenvalue weighted by Crippen LogP contribution is 2.15. The third-order valence-electron chi connectivity index (χ3n) is 3.54. The van der Waals surface area contributed by atoms with Crippen molar-refractivity contribution in [3.8, 4) is 11.4 Å². The molecule has 0 aliphatic carbocycles. The second-order valence-corrected chi connectivity index (χ2v) is 5.33. The molecule has 0 aliphatic rings. The van der Waals surface area contributed by atoms with E-state index in [4.69, 9.17) is 4.74 Å². The fourth-order valence-corrected chi connectivity index (χ4v) is 2.32. The summed E-state index contributed by atoms with van der Waals surface area (Å²) in [5.41, 5.74) is 5.64. The predicted octanol–water partition coefficient (Wildman–Crippen LogP) is 2.46. The van der Waals surface area contributed by atoms with Gasteiger partial charge in [-0.05, 0) is 36.4 Å². The molecule has 7 heteroatoms. The molecule has 0 saturated carbocycles. The van der Waals surface area contributed by atoms with Crippen LogP contribution >= 0.6 is 0 Å². The second-order valence-electron chi connectivity index (χ2n) is 5.33. The van der Waals surface area contributed by atoms with Crippen LogP contribution in [0.25, 0.3) is 5.69 Å². The van der Waals surface area contributed by atoms with Gasteiger partial charge in [0, 0.05) is 12.4 Å². The van der Waals surface area contributed by atoms with Gasteiger partial charge in [0.2, 0.25) is 0 Å². The number of nitrogens with one attached hydrogen (secondary N) is 2. The predicted molar refractivity (Wildman–Crippen MR) is 93.3 cm³/mol. The van der Waals surface area contributed by atoms with E-state index in [1.807, 2.05) is 30.6 Å². The third-order valence-corrected chi connectivity index (χ3v) is 3.54. The van der Waals surface area contributed by atoms with E-state index in [1.165, 1.54) is 18.2 Å². The number of nitrogens with zero attached hydrogens (tertiary/aromatic N) is 1. The number of ether oxygens (including phenoxy) is 1. The maximum atomic E-state index is 13.4. The zero-order chi connectivity index (χ0) is 18.4. The first-order valence-corrected chi connectivity index (χ1v) is 7.84. The number of benzene rings is 2. The molecule has 1 heterocycles. The van der Waals surface area contributed by atoms with Crippen molar-refractivity contribution in [2.45, 2.75) is 0 Å². The number of hydrazine groups is 1. The van der Waals surface area contributed by atoms with Crippen LogP contribution in [-0.4, -0.2) is 23.0 Å². The molecular weight excluding hydrogens is 337 g/mol. The maximum absolute atomic E-state index is 13.4. The molecule has 2 N–H and O–H groups in total. The summed E-state index contributed by atoms with van der Waals surface area (Å²) in [4.78, 5) is 24.2. The molecule has 0 saturated heterocycles. The van der Waals surface area contributed by atoms with Crippen LogP contribution in [0.15, 0.2) is 73.1 Å². The number of para-hydroxylation sites is 2. The van der Waals surface area contributed by atoms with E-state index >= 15 is 0 Å². The number of rotatable bonds is 5. The molecular formula is C19H16FN3O3. The van der Waals surface area contributed by atoms with Gasteiger partial charge in [0.1, 0.15) is 0 Å². The Bertz CT molecular complexity index is 910. The van der Waals surface area contributed by atoms with Crippen molar-refractivity contribution in [2.75, 3.05) is 6.61 Å². The topological polar surface area (TPSA) is 72.4 Å². The summed E-state index contributed by atoms with van der Waals surface area (Å²) >= 11 is 0. The average Bonchev–Trinajstić information content (AvgIpc) is 3.20. The van der Waals surface area contributed by atoms with Crippen molar-refractivity contribution >= 4 is 11.8 Å².